The Bertz CT molecular complexity index is 685. The van der Waals surface area contributed by atoms with Gasteiger partial charge in [-0.25, -0.2) is 4.39 Å². The number of amides is 1. The van der Waals surface area contributed by atoms with Crippen LogP contribution in [0.25, 0.3) is 0 Å². The Labute approximate surface area is 116 Å². The normalized spacial score (nSPS) is 11.2. The smallest absolute Gasteiger partial charge is 0.398 e. The summed E-state index contributed by atoms with van der Waals surface area (Å²) in [5.74, 6) is -1.75. The predicted octanol–water partition coefficient (Wildman–Crippen LogP) is 3.07. The number of halogens is 4. The van der Waals surface area contributed by atoms with E-state index in [0.717, 1.165) is 24.4 Å². The second-order valence-corrected chi connectivity index (χ2v) is 4.07. The molecule has 4 nitrogen and oxygen atoms in total. The molecule has 0 unspecified atom stereocenters. The monoisotopic (exact) mass is 299 g/mol. The highest BCUT2D eigenvalue weighted by molar-refractivity contribution is 6.08. The van der Waals surface area contributed by atoms with E-state index in [9.17, 15) is 22.4 Å². The van der Waals surface area contributed by atoms with Crippen molar-refractivity contribution in [2.45, 2.75) is 6.18 Å². The number of carbonyl (C=O) groups excluding carboxylic acids is 1. The SMILES string of the molecule is Nc1c(C(=O)Nc2ccncc2F)cccc1C(F)(F)F. The Morgan fingerprint density at radius 1 is 1.24 bits per heavy atom. The van der Waals surface area contributed by atoms with Gasteiger partial charge in [-0.2, -0.15) is 13.2 Å². The molecule has 0 saturated carbocycles. The maximum atomic E-state index is 13.3. The summed E-state index contributed by atoms with van der Waals surface area (Å²) in [6, 6.07) is 4.12. The molecule has 1 amide bonds. The molecule has 8 heteroatoms. The highest BCUT2D eigenvalue weighted by atomic mass is 19.4. The summed E-state index contributed by atoms with van der Waals surface area (Å²) in [7, 11) is 0. The second-order valence-electron chi connectivity index (χ2n) is 4.07. The van der Waals surface area contributed by atoms with Crippen LogP contribution in [0.1, 0.15) is 15.9 Å². The fourth-order valence-corrected chi connectivity index (χ4v) is 1.68. The van der Waals surface area contributed by atoms with Crippen LogP contribution in [0.4, 0.5) is 28.9 Å². The highest BCUT2D eigenvalue weighted by Crippen LogP contribution is 2.35. The van der Waals surface area contributed by atoms with Gasteiger partial charge in [0.15, 0.2) is 5.82 Å². The van der Waals surface area contributed by atoms with E-state index in [1.165, 1.54) is 12.3 Å². The van der Waals surface area contributed by atoms with Crippen molar-refractivity contribution < 1.29 is 22.4 Å². The molecule has 0 aliphatic rings. The first-order valence-electron chi connectivity index (χ1n) is 5.67. The quantitative estimate of drug-likeness (QED) is 0.661. The Morgan fingerprint density at radius 3 is 2.57 bits per heavy atom. The molecule has 0 saturated heterocycles. The number of aromatic nitrogens is 1. The molecular weight excluding hydrogens is 290 g/mol. The molecule has 1 aromatic carbocycles. The largest absolute Gasteiger partial charge is 0.418 e. The zero-order valence-corrected chi connectivity index (χ0v) is 10.4. The van der Waals surface area contributed by atoms with Gasteiger partial charge >= 0.3 is 6.18 Å². The van der Waals surface area contributed by atoms with E-state index >= 15 is 0 Å². The molecule has 2 rings (SSSR count). The molecule has 0 radical (unpaired) electrons. The molecule has 1 aromatic heterocycles. The summed E-state index contributed by atoms with van der Waals surface area (Å²) in [5.41, 5.74) is 2.95. The molecule has 0 aliphatic heterocycles. The van der Waals surface area contributed by atoms with Gasteiger partial charge in [-0.05, 0) is 18.2 Å². The first-order valence-corrected chi connectivity index (χ1v) is 5.67. The third-order valence-corrected chi connectivity index (χ3v) is 2.68. The topological polar surface area (TPSA) is 68.0 Å². The fraction of sp³-hybridized carbons (Fsp3) is 0.0769. The average Bonchev–Trinajstić information content (AvgIpc) is 2.40. The van der Waals surface area contributed by atoms with Gasteiger partial charge in [-0.15, -0.1) is 0 Å². The van der Waals surface area contributed by atoms with Gasteiger partial charge in [-0.1, -0.05) is 6.07 Å². The second kappa shape index (κ2) is 5.39. The van der Waals surface area contributed by atoms with Gasteiger partial charge in [-0.3, -0.25) is 9.78 Å². The van der Waals surface area contributed by atoms with Crippen molar-refractivity contribution in [1.29, 1.82) is 0 Å². The fourth-order valence-electron chi connectivity index (χ4n) is 1.68. The van der Waals surface area contributed by atoms with Gasteiger partial charge in [0.1, 0.15) is 0 Å². The molecule has 0 aliphatic carbocycles. The number of hydrogen-bond acceptors (Lipinski definition) is 3. The Balaban J connectivity index is 2.35. The number of nitrogens with one attached hydrogen (secondary N) is 1. The minimum atomic E-state index is -4.68. The van der Waals surface area contributed by atoms with Crippen molar-refractivity contribution in [2.75, 3.05) is 11.1 Å². The Morgan fingerprint density at radius 2 is 1.95 bits per heavy atom. The number of para-hydroxylation sites is 1. The van der Waals surface area contributed by atoms with Crippen molar-refractivity contribution in [3.8, 4) is 0 Å². The summed E-state index contributed by atoms with van der Waals surface area (Å²) in [6.07, 6.45) is -2.58. The third kappa shape index (κ3) is 3.10. The number of pyridine rings is 1. The molecule has 110 valence electrons. The van der Waals surface area contributed by atoms with Crippen LogP contribution in [0.2, 0.25) is 0 Å². The van der Waals surface area contributed by atoms with E-state index in [0.29, 0.717) is 0 Å². The molecule has 1 heterocycles. The van der Waals surface area contributed by atoms with Crippen LogP contribution < -0.4 is 11.1 Å². The predicted molar refractivity (Wildman–Crippen MR) is 68.0 cm³/mol. The van der Waals surface area contributed by atoms with E-state index in [1.807, 2.05) is 0 Å². The number of nitrogens with two attached hydrogens (primary N) is 1. The van der Waals surface area contributed by atoms with Gasteiger partial charge in [0.2, 0.25) is 0 Å². The zero-order valence-electron chi connectivity index (χ0n) is 10.4. The maximum Gasteiger partial charge on any atom is 0.418 e. The summed E-state index contributed by atoms with van der Waals surface area (Å²) < 4.78 is 51.5. The Kier molecular flexibility index (Phi) is 3.79. The molecule has 2 aromatic rings. The minimum absolute atomic E-state index is 0.202. The molecule has 0 fully saturated rings. The van der Waals surface area contributed by atoms with Crippen LogP contribution >= 0.6 is 0 Å². The van der Waals surface area contributed by atoms with Crippen LogP contribution in [0.3, 0.4) is 0 Å². The number of benzene rings is 1. The molecule has 0 bridgehead atoms. The number of hydrogen-bond donors (Lipinski definition) is 2. The molecule has 0 atom stereocenters. The molecule has 3 N–H and O–H groups in total. The summed E-state index contributed by atoms with van der Waals surface area (Å²) in [5, 5.41) is 2.14. The van der Waals surface area contributed by atoms with Gasteiger partial charge in [0, 0.05) is 6.20 Å². The first kappa shape index (κ1) is 14.8. The van der Waals surface area contributed by atoms with E-state index < -0.39 is 29.2 Å². The van der Waals surface area contributed by atoms with Crippen LogP contribution in [0, 0.1) is 5.82 Å². The lowest BCUT2D eigenvalue weighted by Crippen LogP contribution is -2.18. The van der Waals surface area contributed by atoms with Crippen molar-refractivity contribution in [3.05, 3.63) is 53.6 Å². The number of anilines is 2. The standard InChI is InChI=1S/C13H9F4N3O/c14-9-6-19-5-4-10(9)20-12(21)7-2-1-3-8(11(7)18)13(15,16)17/h1-6H,18H2,(H,19,20,21). The zero-order chi connectivity index (χ0) is 15.6. The van der Waals surface area contributed by atoms with E-state index in [2.05, 4.69) is 10.3 Å². The average molecular weight is 299 g/mol. The van der Waals surface area contributed by atoms with Crippen molar-refractivity contribution >= 4 is 17.3 Å². The lowest BCUT2D eigenvalue weighted by atomic mass is 10.1. The van der Waals surface area contributed by atoms with Gasteiger partial charge < -0.3 is 11.1 Å². The summed E-state index contributed by atoms with van der Waals surface area (Å²) in [4.78, 5) is 15.4. The first-order chi connectivity index (χ1) is 9.80. The van der Waals surface area contributed by atoms with Gasteiger partial charge in [0.25, 0.3) is 5.91 Å². The van der Waals surface area contributed by atoms with Crippen LogP contribution in [0.15, 0.2) is 36.7 Å². The van der Waals surface area contributed by atoms with Crippen molar-refractivity contribution in [1.82, 2.24) is 4.98 Å². The Hall–Kier alpha value is -2.64. The van der Waals surface area contributed by atoms with Crippen molar-refractivity contribution in [2.24, 2.45) is 0 Å². The molecule has 0 spiro atoms. The van der Waals surface area contributed by atoms with E-state index in [-0.39, 0.29) is 11.3 Å². The summed E-state index contributed by atoms with van der Waals surface area (Å²) in [6.45, 7) is 0. The number of alkyl halides is 3. The van der Waals surface area contributed by atoms with E-state index in [1.54, 1.807) is 0 Å². The molecule has 21 heavy (non-hydrogen) atoms. The van der Waals surface area contributed by atoms with Crippen LogP contribution in [-0.2, 0) is 6.18 Å². The highest BCUT2D eigenvalue weighted by Gasteiger charge is 2.34. The number of carbonyl (C=O) groups is 1. The maximum absolute atomic E-state index is 13.3. The lowest BCUT2D eigenvalue weighted by Gasteiger charge is -2.13. The summed E-state index contributed by atoms with van der Waals surface area (Å²) >= 11 is 0. The number of nitrogens with zero attached hydrogens (tertiary/aromatic N) is 1. The van der Waals surface area contributed by atoms with Crippen LogP contribution in [0.5, 0.6) is 0 Å². The van der Waals surface area contributed by atoms with Gasteiger partial charge in [0.05, 0.1) is 28.7 Å². The van der Waals surface area contributed by atoms with E-state index in [4.69, 9.17) is 5.73 Å². The number of nitrogen functional groups attached to an aromatic ring is 1. The van der Waals surface area contributed by atoms with Crippen molar-refractivity contribution in [3.63, 3.8) is 0 Å². The van der Waals surface area contributed by atoms with Crippen LogP contribution in [-0.4, -0.2) is 10.9 Å². The number of rotatable bonds is 2. The molecular formula is C13H9F4N3O. The third-order valence-electron chi connectivity index (χ3n) is 2.68. The lowest BCUT2D eigenvalue weighted by molar-refractivity contribution is -0.136. The minimum Gasteiger partial charge on any atom is -0.398 e.